The smallest absolute Gasteiger partial charge is 0.0717 e. The average Bonchev–Trinajstić information content (AvgIpc) is 2.19. The normalized spacial score (nSPS) is 11.8. The molecular weight excluding hydrogens is 266 g/mol. The Balaban J connectivity index is 2.14. The van der Waals surface area contributed by atoms with E-state index in [4.69, 9.17) is 4.74 Å². The van der Waals surface area contributed by atoms with Gasteiger partial charge in [0.05, 0.1) is 13.2 Å². The first-order valence-electron chi connectivity index (χ1n) is 5.54. The zero-order valence-corrected chi connectivity index (χ0v) is 11.8. The lowest BCUT2D eigenvalue weighted by molar-refractivity contribution is 0.118. The van der Waals surface area contributed by atoms with Crippen molar-refractivity contribution in [3.05, 3.63) is 34.3 Å². The van der Waals surface area contributed by atoms with Crippen LogP contribution in [0.5, 0.6) is 0 Å². The van der Waals surface area contributed by atoms with Crippen molar-refractivity contribution in [2.45, 2.75) is 32.9 Å². The van der Waals surface area contributed by atoms with Gasteiger partial charge in [0.15, 0.2) is 0 Å². The third kappa shape index (κ3) is 6.26. The Kier molecular flexibility index (Phi) is 5.46. The predicted octanol–water partition coefficient (Wildman–Crippen LogP) is 3.35. The van der Waals surface area contributed by atoms with Gasteiger partial charge in [-0.1, -0.05) is 28.1 Å². The van der Waals surface area contributed by atoms with Gasteiger partial charge in [-0.2, -0.15) is 0 Å². The predicted molar refractivity (Wildman–Crippen MR) is 71.6 cm³/mol. The molecule has 0 aromatic heterocycles. The quantitative estimate of drug-likeness (QED) is 0.838. The lowest BCUT2D eigenvalue weighted by Crippen LogP contribution is -2.37. The highest BCUT2D eigenvalue weighted by atomic mass is 79.9. The lowest BCUT2D eigenvalue weighted by Gasteiger charge is -2.20. The van der Waals surface area contributed by atoms with E-state index in [1.165, 1.54) is 5.56 Å². The summed E-state index contributed by atoms with van der Waals surface area (Å²) in [5.74, 6) is 0. The Labute approximate surface area is 107 Å². The van der Waals surface area contributed by atoms with Crippen LogP contribution in [0, 0.1) is 0 Å². The second-order valence-electron chi connectivity index (χ2n) is 4.86. The lowest BCUT2D eigenvalue weighted by atomic mass is 10.1. The maximum Gasteiger partial charge on any atom is 0.0717 e. The van der Waals surface area contributed by atoms with Crippen molar-refractivity contribution in [2.75, 3.05) is 13.2 Å². The van der Waals surface area contributed by atoms with Crippen LogP contribution in [0.4, 0.5) is 0 Å². The number of benzene rings is 1. The minimum absolute atomic E-state index is 0.168. The van der Waals surface area contributed by atoms with Gasteiger partial charge in [-0.05, 0) is 38.5 Å². The maximum atomic E-state index is 5.58. The van der Waals surface area contributed by atoms with Gasteiger partial charge in [0, 0.05) is 16.6 Å². The molecule has 0 amide bonds. The molecule has 0 fully saturated rings. The second-order valence-corrected chi connectivity index (χ2v) is 5.77. The minimum Gasteiger partial charge on any atom is -0.375 e. The molecule has 0 radical (unpaired) electrons. The number of rotatable bonds is 5. The molecular formula is C13H20BrNO. The molecule has 16 heavy (non-hydrogen) atoms. The van der Waals surface area contributed by atoms with Gasteiger partial charge < -0.3 is 10.1 Å². The summed E-state index contributed by atoms with van der Waals surface area (Å²) in [5, 5.41) is 3.38. The molecule has 1 aromatic carbocycles. The molecule has 0 saturated heterocycles. The fraction of sp³-hybridized carbons (Fsp3) is 0.538. The molecule has 0 heterocycles. The van der Waals surface area contributed by atoms with Crippen molar-refractivity contribution >= 4 is 15.9 Å². The Morgan fingerprint density at radius 1 is 1.19 bits per heavy atom. The first-order valence-corrected chi connectivity index (χ1v) is 6.34. The summed E-state index contributed by atoms with van der Waals surface area (Å²) in [6.45, 7) is 8.78. The van der Waals surface area contributed by atoms with Gasteiger partial charge in [0.2, 0.25) is 0 Å². The van der Waals surface area contributed by atoms with Gasteiger partial charge >= 0.3 is 0 Å². The van der Waals surface area contributed by atoms with Crippen LogP contribution in [0.3, 0.4) is 0 Å². The molecule has 0 unspecified atom stereocenters. The van der Waals surface area contributed by atoms with E-state index in [9.17, 15) is 0 Å². The van der Waals surface area contributed by atoms with E-state index < -0.39 is 0 Å². The molecule has 0 spiro atoms. The Bertz CT molecular complexity index is 303. The van der Waals surface area contributed by atoms with E-state index in [1.54, 1.807) is 0 Å². The van der Waals surface area contributed by atoms with Crippen molar-refractivity contribution in [3.8, 4) is 0 Å². The monoisotopic (exact) mass is 285 g/mol. The highest BCUT2D eigenvalue weighted by Gasteiger charge is 2.06. The Hall–Kier alpha value is -0.380. The summed E-state index contributed by atoms with van der Waals surface area (Å²) >= 11 is 3.41. The van der Waals surface area contributed by atoms with Crippen molar-refractivity contribution in [1.29, 1.82) is 0 Å². The van der Waals surface area contributed by atoms with Crippen LogP contribution < -0.4 is 5.32 Å². The summed E-state index contributed by atoms with van der Waals surface area (Å²) < 4.78 is 6.68. The van der Waals surface area contributed by atoms with Gasteiger partial charge in [-0.3, -0.25) is 0 Å². The third-order valence-electron chi connectivity index (χ3n) is 2.08. The topological polar surface area (TPSA) is 21.3 Å². The summed E-state index contributed by atoms with van der Waals surface area (Å²) in [4.78, 5) is 0. The largest absolute Gasteiger partial charge is 0.375 e. The number of nitrogens with one attached hydrogen (secondary N) is 1. The van der Waals surface area contributed by atoms with E-state index in [0.717, 1.165) is 17.6 Å². The standard InChI is InChI=1S/C13H20BrNO/c1-13(2,3)15-8-9-16-10-11-4-6-12(14)7-5-11/h4-7,15H,8-10H2,1-3H3. The molecule has 3 heteroatoms. The van der Waals surface area contributed by atoms with Crippen molar-refractivity contribution < 1.29 is 4.74 Å². The van der Waals surface area contributed by atoms with Crippen LogP contribution in [0.1, 0.15) is 26.3 Å². The van der Waals surface area contributed by atoms with Crippen LogP contribution in [-0.2, 0) is 11.3 Å². The van der Waals surface area contributed by atoms with Crippen molar-refractivity contribution in [3.63, 3.8) is 0 Å². The summed E-state index contributed by atoms with van der Waals surface area (Å²) in [7, 11) is 0. The van der Waals surface area contributed by atoms with Crippen molar-refractivity contribution in [2.24, 2.45) is 0 Å². The van der Waals surface area contributed by atoms with Crippen molar-refractivity contribution in [1.82, 2.24) is 5.32 Å². The highest BCUT2D eigenvalue weighted by molar-refractivity contribution is 9.10. The molecule has 0 saturated carbocycles. The fourth-order valence-electron chi connectivity index (χ4n) is 1.27. The van der Waals surface area contributed by atoms with Crippen LogP contribution in [0.25, 0.3) is 0 Å². The molecule has 1 rings (SSSR count). The molecule has 0 bridgehead atoms. The Morgan fingerprint density at radius 2 is 1.81 bits per heavy atom. The fourth-order valence-corrected chi connectivity index (χ4v) is 1.53. The number of halogens is 1. The van der Waals surface area contributed by atoms with Crippen LogP contribution in [0.2, 0.25) is 0 Å². The van der Waals surface area contributed by atoms with E-state index in [0.29, 0.717) is 6.61 Å². The Morgan fingerprint density at radius 3 is 2.38 bits per heavy atom. The number of ether oxygens (including phenoxy) is 1. The minimum atomic E-state index is 0.168. The molecule has 90 valence electrons. The molecule has 2 nitrogen and oxygen atoms in total. The summed E-state index contributed by atoms with van der Waals surface area (Å²) in [6.07, 6.45) is 0. The van der Waals surface area contributed by atoms with E-state index >= 15 is 0 Å². The van der Waals surface area contributed by atoms with Gasteiger partial charge in [-0.25, -0.2) is 0 Å². The number of hydrogen-bond acceptors (Lipinski definition) is 2. The maximum absolute atomic E-state index is 5.58. The molecule has 1 N–H and O–H groups in total. The summed E-state index contributed by atoms with van der Waals surface area (Å²) in [5.41, 5.74) is 1.37. The van der Waals surface area contributed by atoms with Gasteiger partial charge in [0.25, 0.3) is 0 Å². The first-order chi connectivity index (χ1) is 7.47. The summed E-state index contributed by atoms with van der Waals surface area (Å²) in [6, 6.07) is 8.21. The van der Waals surface area contributed by atoms with E-state index in [2.05, 4.69) is 54.2 Å². The average molecular weight is 286 g/mol. The van der Waals surface area contributed by atoms with E-state index in [1.807, 2.05) is 12.1 Å². The van der Waals surface area contributed by atoms with Crippen LogP contribution in [-0.4, -0.2) is 18.7 Å². The highest BCUT2D eigenvalue weighted by Crippen LogP contribution is 2.10. The molecule has 0 aliphatic carbocycles. The van der Waals surface area contributed by atoms with Gasteiger partial charge in [-0.15, -0.1) is 0 Å². The van der Waals surface area contributed by atoms with E-state index in [-0.39, 0.29) is 5.54 Å². The third-order valence-corrected chi connectivity index (χ3v) is 2.61. The molecule has 0 aliphatic rings. The zero-order chi connectivity index (χ0) is 12.0. The second kappa shape index (κ2) is 6.38. The zero-order valence-electron chi connectivity index (χ0n) is 10.2. The SMILES string of the molecule is CC(C)(C)NCCOCc1ccc(Br)cc1. The van der Waals surface area contributed by atoms with Crippen LogP contribution >= 0.6 is 15.9 Å². The molecule has 1 aromatic rings. The van der Waals surface area contributed by atoms with Crippen LogP contribution in [0.15, 0.2) is 28.7 Å². The molecule has 0 aliphatic heterocycles. The first kappa shape index (κ1) is 13.7. The van der Waals surface area contributed by atoms with Gasteiger partial charge in [0.1, 0.15) is 0 Å². The number of hydrogen-bond donors (Lipinski definition) is 1. The molecule has 0 atom stereocenters.